The van der Waals surface area contributed by atoms with Crippen LogP contribution in [-0.2, 0) is 47.5 Å². The van der Waals surface area contributed by atoms with Gasteiger partial charge in [0.05, 0.1) is 0 Å². The Hall–Kier alpha value is 1.02. The average molecular weight is 179 g/mol. The van der Waals surface area contributed by atoms with E-state index in [-0.39, 0.29) is 53.0 Å². The molecule has 33 valence electrons. The molecule has 0 aromatic heterocycles. The molecule has 0 fully saturated rings. The zero-order valence-corrected chi connectivity index (χ0v) is 6.23. The van der Waals surface area contributed by atoms with Crippen molar-refractivity contribution in [3.05, 3.63) is 0 Å². The number of hydrogen-bond acceptors (Lipinski definition) is 0. The van der Waals surface area contributed by atoms with E-state index in [2.05, 4.69) is 0 Å². The fourth-order valence-electron chi connectivity index (χ4n) is 0. The van der Waals surface area contributed by atoms with Gasteiger partial charge in [-0.25, -0.2) is 0 Å². The van der Waals surface area contributed by atoms with Crippen molar-refractivity contribution in [1.29, 1.82) is 0 Å². The van der Waals surface area contributed by atoms with E-state index in [0.717, 1.165) is 0 Å². The van der Waals surface area contributed by atoms with Gasteiger partial charge in [-0.1, -0.05) is 0 Å². The van der Waals surface area contributed by atoms with Gasteiger partial charge in [-0.05, 0) is 0 Å². The van der Waals surface area contributed by atoms with Crippen LogP contribution in [-0.4, -0.2) is 5.48 Å². The maximum atomic E-state index is 0. The van der Waals surface area contributed by atoms with Crippen LogP contribution in [0.1, 0.15) is 0 Å². The van der Waals surface area contributed by atoms with Gasteiger partial charge in [0, 0.05) is 0 Å². The summed E-state index contributed by atoms with van der Waals surface area (Å²) in [6, 6.07) is 0. The molecular weight excluding hydrogens is 177 g/mol. The van der Waals surface area contributed by atoms with Crippen molar-refractivity contribution in [3.8, 4) is 0 Å². The molecule has 0 aliphatic heterocycles. The summed E-state index contributed by atoms with van der Waals surface area (Å²) >= 11 is 0. The molecule has 0 aromatic rings. The summed E-state index contributed by atoms with van der Waals surface area (Å²) in [5.41, 5.74) is 0. The van der Waals surface area contributed by atoms with Crippen LogP contribution >= 0.6 is 0 Å². The van der Waals surface area contributed by atoms with Crippen molar-refractivity contribution >= 4 is 0 Å². The first-order chi connectivity index (χ1) is 0. The van der Waals surface area contributed by atoms with E-state index in [9.17, 15) is 0 Å². The Morgan fingerprint density at radius 3 is 0.800 bits per heavy atom. The molecule has 0 saturated heterocycles. The quantitative estimate of drug-likeness (QED) is 0.424. The summed E-state index contributed by atoms with van der Waals surface area (Å²) in [4.78, 5) is 0. The maximum absolute atomic E-state index is 0. The van der Waals surface area contributed by atoms with E-state index in [4.69, 9.17) is 0 Å². The molecule has 0 aliphatic rings. The first-order valence-corrected chi connectivity index (χ1v) is 0. The minimum absolute atomic E-state index is 0. The SMILES string of the molecule is O.[Cu+2].[O-2].[O-2].[Zn+2]. The van der Waals surface area contributed by atoms with Crippen LogP contribution in [0.3, 0.4) is 0 Å². The average Bonchev–Trinajstić information content (AvgIpc) is 0. The van der Waals surface area contributed by atoms with E-state index in [0.29, 0.717) is 0 Å². The minimum atomic E-state index is 0. The number of hydrogen-bond donors (Lipinski definition) is 0. The summed E-state index contributed by atoms with van der Waals surface area (Å²) in [5.74, 6) is 0. The fourth-order valence-corrected chi connectivity index (χ4v) is 0. The number of rotatable bonds is 0. The van der Waals surface area contributed by atoms with E-state index < -0.39 is 0 Å². The smallest absolute Gasteiger partial charge is 2.00 e. The Balaban J connectivity index is 0. The summed E-state index contributed by atoms with van der Waals surface area (Å²) in [6.45, 7) is 0. The third-order valence-electron chi connectivity index (χ3n) is 0. The van der Waals surface area contributed by atoms with Gasteiger partial charge < -0.3 is 16.4 Å². The minimum Gasteiger partial charge on any atom is -2.00 e. The van der Waals surface area contributed by atoms with Crippen LogP contribution in [0, 0.1) is 0 Å². The maximum Gasteiger partial charge on any atom is 2.00 e. The Morgan fingerprint density at radius 1 is 0.800 bits per heavy atom. The zero-order chi connectivity index (χ0) is 0. The predicted molar refractivity (Wildman–Crippen MR) is 4.99 cm³/mol. The second-order valence-electron chi connectivity index (χ2n) is 0. The fraction of sp³-hybridized carbons (Fsp3) is 0. The van der Waals surface area contributed by atoms with E-state index >= 15 is 0 Å². The van der Waals surface area contributed by atoms with Crippen LogP contribution < -0.4 is 0 Å². The van der Waals surface area contributed by atoms with E-state index in [1.165, 1.54) is 0 Å². The van der Waals surface area contributed by atoms with Gasteiger partial charge in [0.15, 0.2) is 0 Å². The summed E-state index contributed by atoms with van der Waals surface area (Å²) in [6.07, 6.45) is 0. The normalized spacial score (nSPS) is 0. The molecule has 0 spiro atoms. The molecule has 0 aliphatic carbocycles. The molecule has 3 nitrogen and oxygen atoms in total. The van der Waals surface area contributed by atoms with Crippen molar-refractivity contribution in [2.75, 3.05) is 0 Å². The van der Waals surface area contributed by atoms with Crippen molar-refractivity contribution in [3.63, 3.8) is 0 Å². The van der Waals surface area contributed by atoms with Crippen molar-refractivity contribution < 1.29 is 53.0 Å². The summed E-state index contributed by atoms with van der Waals surface area (Å²) in [7, 11) is 0. The second kappa shape index (κ2) is 77.7. The predicted octanol–water partition coefficient (Wildman–Crippen LogP) is -1.07. The van der Waals surface area contributed by atoms with Crippen molar-refractivity contribution in [2.24, 2.45) is 0 Å². The van der Waals surface area contributed by atoms with Gasteiger partial charge in [-0.15, -0.1) is 0 Å². The van der Waals surface area contributed by atoms with Crippen LogP contribution in [0.4, 0.5) is 0 Å². The van der Waals surface area contributed by atoms with Gasteiger partial charge in [0.2, 0.25) is 0 Å². The van der Waals surface area contributed by atoms with Crippen molar-refractivity contribution in [1.82, 2.24) is 0 Å². The molecule has 0 bridgehead atoms. The Labute approximate surface area is 53.3 Å². The van der Waals surface area contributed by atoms with Gasteiger partial charge >= 0.3 is 36.5 Å². The first kappa shape index (κ1) is 145. The molecule has 1 radical (unpaired) electrons. The summed E-state index contributed by atoms with van der Waals surface area (Å²) < 4.78 is 0. The van der Waals surface area contributed by atoms with Crippen LogP contribution in [0.2, 0.25) is 0 Å². The third kappa shape index (κ3) is 43.9. The molecule has 0 saturated carbocycles. The molecule has 0 amide bonds. The van der Waals surface area contributed by atoms with E-state index in [1.54, 1.807) is 0 Å². The molecular formula is H2CuO3Zn. The van der Waals surface area contributed by atoms with Gasteiger partial charge in [0.25, 0.3) is 0 Å². The van der Waals surface area contributed by atoms with Crippen molar-refractivity contribution in [2.45, 2.75) is 0 Å². The monoisotopic (exact) mass is 177 g/mol. The third-order valence-corrected chi connectivity index (χ3v) is 0. The molecule has 5 heavy (non-hydrogen) atoms. The Bertz CT molecular complexity index is 6.85. The molecule has 0 atom stereocenters. The Morgan fingerprint density at radius 2 is 0.800 bits per heavy atom. The molecule has 0 unspecified atom stereocenters. The topological polar surface area (TPSA) is 88.5 Å². The molecule has 0 rings (SSSR count). The standard InChI is InChI=1S/Cu.H2O.2O.Zn/h;1H2;;;/q+2;;2*-2;+2. The Kier molecular flexibility index (Phi) is 2260. The van der Waals surface area contributed by atoms with Gasteiger partial charge in [-0.2, -0.15) is 0 Å². The molecule has 0 aromatic carbocycles. The van der Waals surface area contributed by atoms with Crippen LogP contribution in [0.5, 0.6) is 0 Å². The largest absolute Gasteiger partial charge is 2.00 e. The van der Waals surface area contributed by atoms with Crippen LogP contribution in [0.15, 0.2) is 0 Å². The zero-order valence-electron chi connectivity index (χ0n) is 2.33. The molecule has 0 heterocycles. The molecule has 2 N–H and O–H groups in total. The first-order valence-electron chi connectivity index (χ1n) is 0. The van der Waals surface area contributed by atoms with Crippen LogP contribution in [0.25, 0.3) is 0 Å². The second-order valence-corrected chi connectivity index (χ2v) is 0. The van der Waals surface area contributed by atoms with Gasteiger partial charge in [-0.3, -0.25) is 0 Å². The summed E-state index contributed by atoms with van der Waals surface area (Å²) in [5, 5.41) is 0. The molecule has 5 heteroatoms. The van der Waals surface area contributed by atoms with Gasteiger partial charge in [0.1, 0.15) is 0 Å². The van der Waals surface area contributed by atoms with E-state index in [1.807, 2.05) is 0 Å².